The van der Waals surface area contributed by atoms with Crippen molar-refractivity contribution < 1.29 is 14.6 Å². The van der Waals surface area contributed by atoms with Crippen LogP contribution in [0.3, 0.4) is 0 Å². The van der Waals surface area contributed by atoms with Gasteiger partial charge in [0, 0.05) is 25.0 Å². The first-order valence-corrected chi connectivity index (χ1v) is 4.84. The molecule has 2 rings (SSSR count). The Balaban J connectivity index is 2.51. The minimum absolute atomic E-state index is 0.204. The van der Waals surface area contributed by atoms with E-state index in [0.717, 1.165) is 11.3 Å². The van der Waals surface area contributed by atoms with Crippen LogP contribution < -0.4 is 4.74 Å². The van der Waals surface area contributed by atoms with E-state index in [4.69, 9.17) is 9.47 Å². The van der Waals surface area contributed by atoms with Gasteiger partial charge in [0.2, 0.25) is 5.79 Å². The van der Waals surface area contributed by atoms with Crippen molar-refractivity contribution in [2.45, 2.75) is 26.2 Å². The third kappa shape index (κ3) is 1.70. The molecule has 1 aliphatic rings. The van der Waals surface area contributed by atoms with Gasteiger partial charge in [0.05, 0.1) is 6.61 Å². The first kappa shape index (κ1) is 10.1. The predicted molar refractivity (Wildman–Crippen MR) is 57.7 cm³/mol. The van der Waals surface area contributed by atoms with E-state index < -0.39 is 5.79 Å². The second-order valence-corrected chi connectivity index (χ2v) is 3.97. The van der Waals surface area contributed by atoms with Crippen LogP contribution in [0.5, 0.6) is 11.5 Å². The minimum atomic E-state index is -0.609. The number of aromatic hydroxyl groups is 1. The molecule has 3 heteroatoms. The fourth-order valence-electron chi connectivity index (χ4n) is 1.64. The third-order valence-electron chi connectivity index (χ3n) is 2.42. The number of phenols is 1. The van der Waals surface area contributed by atoms with Crippen LogP contribution in [0.1, 0.15) is 25.0 Å². The Morgan fingerprint density at radius 1 is 1.47 bits per heavy atom. The van der Waals surface area contributed by atoms with Crippen molar-refractivity contribution in [1.82, 2.24) is 0 Å². The Kier molecular flexibility index (Phi) is 2.20. The highest BCUT2D eigenvalue weighted by molar-refractivity contribution is 5.63. The molecule has 0 amide bonds. The standard InChI is InChI=1S/C12H14O3/c1-4-8-9-7-14-12(2,3)15-11(9)6-5-10(8)13/h4-6,13H,1,7H2,2-3H3. The lowest BCUT2D eigenvalue weighted by Gasteiger charge is -2.33. The van der Waals surface area contributed by atoms with Crippen LogP contribution in [-0.4, -0.2) is 10.9 Å². The molecule has 0 aliphatic carbocycles. The van der Waals surface area contributed by atoms with Gasteiger partial charge >= 0.3 is 0 Å². The van der Waals surface area contributed by atoms with Crippen LogP contribution in [0.25, 0.3) is 6.08 Å². The Morgan fingerprint density at radius 3 is 2.87 bits per heavy atom. The Hall–Kier alpha value is -1.48. The summed E-state index contributed by atoms with van der Waals surface area (Å²) in [6.45, 7) is 7.81. The van der Waals surface area contributed by atoms with Crippen LogP contribution in [0.15, 0.2) is 18.7 Å². The van der Waals surface area contributed by atoms with E-state index in [-0.39, 0.29) is 5.75 Å². The van der Waals surface area contributed by atoms with Crippen LogP contribution in [0.4, 0.5) is 0 Å². The van der Waals surface area contributed by atoms with Gasteiger partial charge in [-0.1, -0.05) is 12.7 Å². The fraction of sp³-hybridized carbons (Fsp3) is 0.333. The van der Waals surface area contributed by atoms with Crippen LogP contribution >= 0.6 is 0 Å². The van der Waals surface area contributed by atoms with E-state index in [9.17, 15) is 5.11 Å². The molecule has 0 saturated carbocycles. The summed E-state index contributed by atoms with van der Waals surface area (Å²) in [5.41, 5.74) is 1.53. The van der Waals surface area contributed by atoms with E-state index in [1.165, 1.54) is 0 Å². The van der Waals surface area contributed by atoms with Crippen molar-refractivity contribution in [2.75, 3.05) is 0 Å². The summed E-state index contributed by atoms with van der Waals surface area (Å²) < 4.78 is 11.1. The highest BCUT2D eigenvalue weighted by Gasteiger charge is 2.28. The molecule has 0 fully saturated rings. The third-order valence-corrected chi connectivity index (χ3v) is 2.42. The molecule has 15 heavy (non-hydrogen) atoms. The number of hydrogen-bond donors (Lipinski definition) is 1. The zero-order valence-corrected chi connectivity index (χ0v) is 8.91. The van der Waals surface area contributed by atoms with Crippen LogP contribution in [-0.2, 0) is 11.3 Å². The molecule has 1 aromatic carbocycles. The second-order valence-electron chi connectivity index (χ2n) is 3.97. The fourth-order valence-corrected chi connectivity index (χ4v) is 1.64. The molecule has 80 valence electrons. The maximum Gasteiger partial charge on any atom is 0.205 e. The van der Waals surface area contributed by atoms with Gasteiger partial charge in [0.15, 0.2) is 0 Å². The molecular formula is C12H14O3. The molecule has 0 bridgehead atoms. The van der Waals surface area contributed by atoms with Gasteiger partial charge < -0.3 is 14.6 Å². The summed E-state index contributed by atoms with van der Waals surface area (Å²) >= 11 is 0. The minimum Gasteiger partial charge on any atom is -0.507 e. The zero-order valence-electron chi connectivity index (χ0n) is 8.91. The van der Waals surface area contributed by atoms with Crippen molar-refractivity contribution in [2.24, 2.45) is 0 Å². The SMILES string of the molecule is C=Cc1c(O)ccc2c1COC(C)(C)O2. The van der Waals surface area contributed by atoms with Crippen molar-refractivity contribution >= 4 is 6.08 Å². The van der Waals surface area contributed by atoms with Crippen molar-refractivity contribution in [3.05, 3.63) is 29.8 Å². The molecular weight excluding hydrogens is 192 g/mol. The van der Waals surface area contributed by atoms with Gasteiger partial charge in [-0.2, -0.15) is 0 Å². The summed E-state index contributed by atoms with van der Waals surface area (Å²) in [5.74, 6) is 0.345. The summed E-state index contributed by atoms with van der Waals surface area (Å²) in [4.78, 5) is 0. The molecule has 1 aromatic rings. The zero-order chi connectivity index (χ0) is 11.1. The van der Waals surface area contributed by atoms with Crippen molar-refractivity contribution in [1.29, 1.82) is 0 Å². The molecule has 0 spiro atoms. The lowest BCUT2D eigenvalue weighted by molar-refractivity contribution is -0.180. The first-order chi connectivity index (χ1) is 7.03. The molecule has 3 nitrogen and oxygen atoms in total. The monoisotopic (exact) mass is 206 g/mol. The number of ether oxygens (including phenoxy) is 2. The van der Waals surface area contributed by atoms with Gasteiger partial charge in [-0.3, -0.25) is 0 Å². The largest absolute Gasteiger partial charge is 0.507 e. The number of phenolic OH excluding ortho intramolecular Hbond substituents is 1. The van der Waals surface area contributed by atoms with E-state index in [1.807, 2.05) is 13.8 Å². The lowest BCUT2D eigenvalue weighted by atomic mass is 10.0. The maximum absolute atomic E-state index is 9.61. The van der Waals surface area contributed by atoms with Gasteiger partial charge in [0.25, 0.3) is 0 Å². The molecule has 0 unspecified atom stereocenters. The quantitative estimate of drug-likeness (QED) is 0.767. The smallest absolute Gasteiger partial charge is 0.205 e. The average Bonchev–Trinajstić information content (AvgIpc) is 2.17. The number of benzene rings is 1. The first-order valence-electron chi connectivity index (χ1n) is 4.84. The van der Waals surface area contributed by atoms with Gasteiger partial charge in [-0.15, -0.1) is 0 Å². The average molecular weight is 206 g/mol. The van der Waals surface area contributed by atoms with E-state index in [0.29, 0.717) is 12.2 Å². The Bertz CT molecular complexity index is 408. The summed E-state index contributed by atoms with van der Waals surface area (Å²) in [6, 6.07) is 3.36. The van der Waals surface area contributed by atoms with E-state index in [2.05, 4.69) is 6.58 Å². The number of hydrogen-bond acceptors (Lipinski definition) is 3. The second kappa shape index (κ2) is 3.28. The molecule has 0 saturated heterocycles. The Morgan fingerprint density at radius 2 is 2.20 bits per heavy atom. The topological polar surface area (TPSA) is 38.7 Å². The molecule has 1 N–H and O–H groups in total. The Labute approximate surface area is 88.9 Å². The predicted octanol–water partition coefficient (Wildman–Crippen LogP) is 2.68. The number of rotatable bonds is 1. The maximum atomic E-state index is 9.61. The van der Waals surface area contributed by atoms with E-state index >= 15 is 0 Å². The highest BCUT2D eigenvalue weighted by Crippen LogP contribution is 2.37. The lowest BCUT2D eigenvalue weighted by Crippen LogP contribution is -2.35. The molecule has 1 aliphatic heterocycles. The van der Waals surface area contributed by atoms with Gasteiger partial charge in [-0.05, 0) is 12.1 Å². The van der Waals surface area contributed by atoms with Crippen LogP contribution in [0, 0.1) is 0 Å². The number of fused-ring (bicyclic) bond motifs is 1. The van der Waals surface area contributed by atoms with E-state index in [1.54, 1.807) is 18.2 Å². The van der Waals surface area contributed by atoms with Crippen molar-refractivity contribution in [3.63, 3.8) is 0 Å². The van der Waals surface area contributed by atoms with Gasteiger partial charge in [0.1, 0.15) is 11.5 Å². The molecule has 1 heterocycles. The van der Waals surface area contributed by atoms with Gasteiger partial charge in [-0.25, -0.2) is 0 Å². The summed E-state index contributed by atoms with van der Waals surface area (Å²) in [7, 11) is 0. The molecule has 0 aromatic heterocycles. The summed E-state index contributed by atoms with van der Waals surface area (Å²) in [5, 5.41) is 9.61. The molecule has 0 atom stereocenters. The van der Waals surface area contributed by atoms with Crippen LogP contribution in [0.2, 0.25) is 0 Å². The highest BCUT2D eigenvalue weighted by atomic mass is 16.7. The van der Waals surface area contributed by atoms with Crippen molar-refractivity contribution in [3.8, 4) is 11.5 Å². The molecule has 0 radical (unpaired) electrons. The summed E-state index contributed by atoms with van der Waals surface area (Å²) in [6.07, 6.45) is 1.61. The normalized spacial score (nSPS) is 17.7.